The quantitative estimate of drug-likeness (QED) is 0.777. The van der Waals surface area contributed by atoms with Crippen molar-refractivity contribution in [3.8, 4) is 0 Å². The van der Waals surface area contributed by atoms with Crippen molar-refractivity contribution >= 4 is 11.9 Å². The number of nitrogens with zero attached hydrogens (tertiary/aromatic N) is 1. The summed E-state index contributed by atoms with van der Waals surface area (Å²) in [6, 6.07) is 1.03. The second-order valence-corrected chi connectivity index (χ2v) is 4.05. The van der Waals surface area contributed by atoms with Crippen LogP contribution in [0, 0.1) is 0 Å². The minimum atomic E-state index is -1.01. The number of carbonyl (C=O) groups excluding carboxylic acids is 1. The third-order valence-electron chi connectivity index (χ3n) is 2.41. The molecule has 0 aliphatic carbocycles. The number of carboxylic acid groups (broad SMARTS) is 1. The van der Waals surface area contributed by atoms with Gasteiger partial charge in [0.05, 0.1) is 0 Å². The first-order chi connectivity index (χ1) is 8.02. The lowest BCUT2D eigenvalue weighted by molar-refractivity contribution is -0.141. The molecule has 1 aromatic rings. The molecule has 5 nitrogen and oxygen atoms in total. The smallest absolute Gasteiger partial charge is 0.326 e. The van der Waals surface area contributed by atoms with Crippen molar-refractivity contribution in [1.29, 1.82) is 0 Å². The molecule has 0 saturated carbocycles. The summed E-state index contributed by atoms with van der Waals surface area (Å²) in [5.74, 6) is -1.34. The third-order valence-corrected chi connectivity index (χ3v) is 2.41. The first-order valence-corrected chi connectivity index (χ1v) is 5.67. The number of carbonyl (C=O) groups is 2. The van der Waals surface area contributed by atoms with Gasteiger partial charge in [0, 0.05) is 32.3 Å². The first kappa shape index (κ1) is 13.3. The molecule has 0 aliphatic heterocycles. The van der Waals surface area contributed by atoms with Gasteiger partial charge in [0.2, 0.25) is 5.91 Å². The molecule has 1 unspecified atom stereocenters. The number of aryl methyl sites for hydroxylation is 1. The molecule has 2 N–H and O–H groups in total. The van der Waals surface area contributed by atoms with E-state index in [9.17, 15) is 9.59 Å². The number of carboxylic acids is 1. The molecule has 1 atom stereocenters. The molecule has 5 heteroatoms. The Morgan fingerprint density at radius 1 is 1.53 bits per heavy atom. The van der Waals surface area contributed by atoms with Crippen LogP contribution in [0.2, 0.25) is 0 Å². The lowest BCUT2D eigenvalue weighted by Crippen LogP contribution is -2.41. The van der Waals surface area contributed by atoms with Crippen molar-refractivity contribution in [1.82, 2.24) is 9.88 Å². The van der Waals surface area contributed by atoms with Crippen LogP contribution in [-0.2, 0) is 22.6 Å². The molecule has 0 aliphatic rings. The Hall–Kier alpha value is -1.78. The summed E-state index contributed by atoms with van der Waals surface area (Å²) >= 11 is 0. The number of hydrogen-bond donors (Lipinski definition) is 2. The molecule has 1 aromatic heterocycles. The van der Waals surface area contributed by atoms with Crippen LogP contribution in [0.15, 0.2) is 18.5 Å². The number of aliphatic carboxylic acids is 1. The van der Waals surface area contributed by atoms with Gasteiger partial charge in [-0.3, -0.25) is 4.79 Å². The van der Waals surface area contributed by atoms with Gasteiger partial charge in [0.15, 0.2) is 0 Å². The van der Waals surface area contributed by atoms with Crippen LogP contribution in [0.5, 0.6) is 0 Å². The minimum absolute atomic E-state index is 0.311. The number of nitrogens with one attached hydrogen (secondary N) is 1. The maximum absolute atomic E-state index is 11.0. The van der Waals surface area contributed by atoms with Gasteiger partial charge >= 0.3 is 5.97 Å². The van der Waals surface area contributed by atoms with Crippen LogP contribution >= 0.6 is 0 Å². The lowest BCUT2D eigenvalue weighted by Gasteiger charge is -2.11. The average molecular weight is 238 g/mol. The second-order valence-electron chi connectivity index (χ2n) is 4.05. The zero-order chi connectivity index (χ0) is 12.8. The summed E-state index contributed by atoms with van der Waals surface area (Å²) in [5.41, 5.74) is 0.916. The van der Waals surface area contributed by atoms with E-state index in [4.69, 9.17) is 5.11 Å². The molecule has 1 heterocycles. The van der Waals surface area contributed by atoms with E-state index in [2.05, 4.69) is 12.2 Å². The maximum Gasteiger partial charge on any atom is 0.326 e. The van der Waals surface area contributed by atoms with E-state index >= 15 is 0 Å². The summed E-state index contributed by atoms with van der Waals surface area (Å²) in [6.07, 6.45) is 5.18. The first-order valence-electron chi connectivity index (χ1n) is 5.67. The molecule has 0 aromatic carbocycles. The average Bonchev–Trinajstić information content (AvgIpc) is 2.64. The van der Waals surface area contributed by atoms with E-state index in [1.807, 2.05) is 23.0 Å². The van der Waals surface area contributed by atoms with Gasteiger partial charge in [0.25, 0.3) is 0 Å². The minimum Gasteiger partial charge on any atom is -0.480 e. The van der Waals surface area contributed by atoms with E-state index in [0.29, 0.717) is 6.42 Å². The Morgan fingerprint density at radius 2 is 2.24 bits per heavy atom. The Kier molecular flexibility index (Phi) is 4.75. The molecule has 94 valence electrons. The van der Waals surface area contributed by atoms with Gasteiger partial charge in [-0.1, -0.05) is 6.92 Å². The Balaban J connectivity index is 2.65. The summed E-state index contributed by atoms with van der Waals surface area (Å²) < 4.78 is 2.02. The van der Waals surface area contributed by atoms with Crippen LogP contribution in [0.3, 0.4) is 0 Å². The zero-order valence-electron chi connectivity index (χ0n) is 10.1. The Morgan fingerprint density at radius 3 is 2.76 bits per heavy atom. The molecular weight excluding hydrogens is 220 g/mol. The van der Waals surface area contributed by atoms with Gasteiger partial charge in [-0.25, -0.2) is 4.79 Å². The molecule has 0 bridgehead atoms. The fraction of sp³-hybridized carbons (Fsp3) is 0.500. The summed E-state index contributed by atoms with van der Waals surface area (Å²) in [6.45, 7) is 4.31. The van der Waals surface area contributed by atoms with Gasteiger partial charge in [0.1, 0.15) is 6.04 Å². The predicted molar refractivity (Wildman–Crippen MR) is 63.7 cm³/mol. The Labute approximate surface area is 100 Å². The van der Waals surface area contributed by atoms with Gasteiger partial charge < -0.3 is 15.0 Å². The summed E-state index contributed by atoms with van der Waals surface area (Å²) in [7, 11) is 0. The summed E-state index contributed by atoms with van der Waals surface area (Å²) in [5, 5.41) is 11.4. The number of rotatable bonds is 6. The van der Waals surface area contributed by atoms with Crippen LogP contribution in [-0.4, -0.2) is 27.6 Å². The highest BCUT2D eigenvalue weighted by atomic mass is 16.4. The fourth-order valence-corrected chi connectivity index (χ4v) is 1.69. The van der Waals surface area contributed by atoms with Crippen molar-refractivity contribution < 1.29 is 14.7 Å². The lowest BCUT2D eigenvalue weighted by atomic mass is 10.1. The van der Waals surface area contributed by atoms with E-state index in [0.717, 1.165) is 18.5 Å². The zero-order valence-corrected chi connectivity index (χ0v) is 10.1. The second kappa shape index (κ2) is 6.08. The largest absolute Gasteiger partial charge is 0.480 e. The highest BCUT2D eigenvalue weighted by Crippen LogP contribution is 2.06. The van der Waals surface area contributed by atoms with Crippen molar-refractivity contribution in [2.45, 2.75) is 39.3 Å². The Bertz CT molecular complexity index is 398. The molecule has 0 fully saturated rings. The monoisotopic (exact) mass is 238 g/mol. The molecule has 1 rings (SSSR count). The maximum atomic E-state index is 11.0. The van der Waals surface area contributed by atoms with Crippen LogP contribution in [0.25, 0.3) is 0 Å². The van der Waals surface area contributed by atoms with Crippen molar-refractivity contribution in [3.05, 3.63) is 24.0 Å². The van der Waals surface area contributed by atoms with Gasteiger partial charge in [-0.15, -0.1) is 0 Å². The molecular formula is C12H18N2O3. The van der Waals surface area contributed by atoms with Crippen LogP contribution < -0.4 is 5.32 Å². The fourth-order valence-electron chi connectivity index (χ4n) is 1.69. The number of amides is 1. The van der Waals surface area contributed by atoms with Crippen molar-refractivity contribution in [2.75, 3.05) is 0 Å². The van der Waals surface area contributed by atoms with Crippen molar-refractivity contribution in [2.24, 2.45) is 0 Å². The topological polar surface area (TPSA) is 71.3 Å². The van der Waals surface area contributed by atoms with E-state index in [1.54, 1.807) is 0 Å². The number of hydrogen-bond acceptors (Lipinski definition) is 2. The molecule has 0 spiro atoms. The SMILES string of the molecule is CCCn1ccc(CC(NC(C)=O)C(=O)O)c1. The van der Waals surface area contributed by atoms with Gasteiger partial charge in [-0.05, 0) is 18.1 Å². The van der Waals surface area contributed by atoms with E-state index < -0.39 is 12.0 Å². The molecule has 1 amide bonds. The number of aromatic nitrogens is 1. The van der Waals surface area contributed by atoms with Crippen LogP contribution in [0.4, 0.5) is 0 Å². The molecule has 17 heavy (non-hydrogen) atoms. The van der Waals surface area contributed by atoms with E-state index in [-0.39, 0.29) is 5.91 Å². The van der Waals surface area contributed by atoms with E-state index in [1.165, 1.54) is 6.92 Å². The highest BCUT2D eigenvalue weighted by molar-refractivity contribution is 5.82. The highest BCUT2D eigenvalue weighted by Gasteiger charge is 2.19. The molecule has 0 saturated heterocycles. The summed E-state index contributed by atoms with van der Waals surface area (Å²) in [4.78, 5) is 21.8. The predicted octanol–water partition coefficient (Wildman–Crippen LogP) is 1.03. The standard InChI is InChI=1S/C12H18N2O3/c1-3-5-14-6-4-10(8-14)7-11(12(16)17)13-9(2)15/h4,6,8,11H,3,5,7H2,1-2H3,(H,13,15)(H,16,17). The van der Waals surface area contributed by atoms with Gasteiger partial charge in [-0.2, -0.15) is 0 Å². The molecule has 0 radical (unpaired) electrons. The third kappa shape index (κ3) is 4.30. The normalized spacial score (nSPS) is 12.1. The van der Waals surface area contributed by atoms with Crippen molar-refractivity contribution in [3.63, 3.8) is 0 Å². The van der Waals surface area contributed by atoms with Crippen LogP contribution in [0.1, 0.15) is 25.8 Å².